The van der Waals surface area contributed by atoms with Crippen molar-refractivity contribution in [3.63, 3.8) is 0 Å². The summed E-state index contributed by atoms with van der Waals surface area (Å²) in [5, 5.41) is 2.99. The summed E-state index contributed by atoms with van der Waals surface area (Å²) in [6, 6.07) is 13.9. The Morgan fingerprint density at radius 3 is 2.21 bits per heavy atom. The highest BCUT2D eigenvalue weighted by Crippen LogP contribution is 2.28. The van der Waals surface area contributed by atoms with Crippen molar-refractivity contribution in [1.82, 2.24) is 4.31 Å². The predicted octanol–water partition coefficient (Wildman–Crippen LogP) is 3.96. The van der Waals surface area contributed by atoms with Crippen molar-refractivity contribution in [2.45, 2.75) is 38.0 Å². The van der Waals surface area contributed by atoms with Crippen LogP contribution in [0, 0.1) is 0 Å². The third-order valence-corrected chi connectivity index (χ3v) is 7.37. The molecular weight excluding hydrogens is 386 g/mol. The molecule has 3 rings (SSSR count). The topological polar surface area (TPSA) is 69.7 Å². The Balaban J connectivity index is 1.77. The molecule has 156 valence electrons. The molecule has 0 spiro atoms. The quantitative estimate of drug-likeness (QED) is 0.743. The Labute approximate surface area is 173 Å². The number of rotatable bonds is 7. The molecule has 29 heavy (non-hydrogen) atoms. The van der Waals surface area contributed by atoms with Crippen LogP contribution >= 0.6 is 0 Å². The SMILES string of the molecule is CCN(CC)S(=O)(=O)c1ccc(C(=O)Nc2ccccc2N2CCCCC2)cc1. The molecule has 1 aliphatic heterocycles. The van der Waals surface area contributed by atoms with E-state index in [1.165, 1.54) is 22.9 Å². The molecule has 0 unspecified atom stereocenters. The lowest BCUT2D eigenvalue weighted by Gasteiger charge is -2.30. The van der Waals surface area contributed by atoms with Gasteiger partial charge in [0.1, 0.15) is 0 Å². The molecule has 2 aromatic rings. The standard InChI is InChI=1S/C22H29N3O3S/c1-3-25(4-2)29(27,28)19-14-12-18(13-15-19)22(26)23-20-10-6-7-11-21(20)24-16-8-5-9-17-24/h6-7,10-15H,3-5,8-9,16-17H2,1-2H3,(H,23,26). The smallest absolute Gasteiger partial charge is 0.255 e. The van der Waals surface area contributed by atoms with Crippen molar-refractivity contribution >= 4 is 27.3 Å². The Bertz CT molecular complexity index is 932. The molecule has 0 radical (unpaired) electrons. The highest BCUT2D eigenvalue weighted by atomic mass is 32.2. The second kappa shape index (κ2) is 9.41. The number of sulfonamides is 1. The molecule has 1 N–H and O–H groups in total. The number of hydrogen-bond acceptors (Lipinski definition) is 4. The molecule has 1 aliphatic rings. The second-order valence-corrected chi connectivity index (χ2v) is 9.07. The number of piperidine rings is 1. The van der Waals surface area contributed by atoms with Crippen LogP contribution in [-0.2, 0) is 10.0 Å². The summed E-state index contributed by atoms with van der Waals surface area (Å²) in [6.07, 6.45) is 3.56. The van der Waals surface area contributed by atoms with Crippen LogP contribution in [0.1, 0.15) is 43.5 Å². The minimum atomic E-state index is -3.53. The van der Waals surface area contributed by atoms with E-state index in [9.17, 15) is 13.2 Å². The summed E-state index contributed by atoms with van der Waals surface area (Å²) < 4.78 is 26.6. The lowest BCUT2D eigenvalue weighted by molar-refractivity contribution is 0.102. The van der Waals surface area contributed by atoms with E-state index in [1.807, 2.05) is 38.1 Å². The number of carbonyl (C=O) groups excluding carboxylic acids is 1. The average Bonchev–Trinajstić information content (AvgIpc) is 2.75. The first kappa shape index (κ1) is 21.3. The number of carbonyl (C=O) groups is 1. The summed E-state index contributed by atoms with van der Waals surface area (Å²) in [4.78, 5) is 15.3. The molecule has 0 aliphatic carbocycles. The van der Waals surface area contributed by atoms with Crippen LogP contribution in [0.15, 0.2) is 53.4 Å². The lowest BCUT2D eigenvalue weighted by Crippen LogP contribution is -2.30. The molecule has 2 aromatic carbocycles. The van der Waals surface area contributed by atoms with E-state index < -0.39 is 10.0 Å². The number of benzene rings is 2. The Kier molecular flexibility index (Phi) is 6.92. The van der Waals surface area contributed by atoms with Crippen LogP contribution in [0.3, 0.4) is 0 Å². The summed E-state index contributed by atoms with van der Waals surface area (Å²) >= 11 is 0. The summed E-state index contributed by atoms with van der Waals surface area (Å²) in [5.74, 6) is -0.249. The fraction of sp³-hybridized carbons (Fsp3) is 0.409. The number of amides is 1. The van der Waals surface area contributed by atoms with Gasteiger partial charge in [-0.1, -0.05) is 26.0 Å². The number of hydrogen-bond donors (Lipinski definition) is 1. The van der Waals surface area contributed by atoms with Crippen LogP contribution in [-0.4, -0.2) is 44.8 Å². The van der Waals surface area contributed by atoms with Crippen LogP contribution in [0.25, 0.3) is 0 Å². The van der Waals surface area contributed by atoms with Gasteiger partial charge in [0.15, 0.2) is 0 Å². The maximum atomic E-state index is 12.8. The van der Waals surface area contributed by atoms with Gasteiger partial charge in [-0.25, -0.2) is 8.42 Å². The van der Waals surface area contributed by atoms with Gasteiger partial charge < -0.3 is 10.2 Å². The van der Waals surface area contributed by atoms with E-state index in [0.717, 1.165) is 37.3 Å². The van der Waals surface area contributed by atoms with E-state index in [-0.39, 0.29) is 10.8 Å². The van der Waals surface area contributed by atoms with Gasteiger partial charge in [-0.05, 0) is 55.7 Å². The van der Waals surface area contributed by atoms with E-state index in [1.54, 1.807) is 12.1 Å². The third kappa shape index (κ3) is 4.79. The minimum absolute atomic E-state index is 0.200. The molecule has 1 fully saturated rings. The highest BCUT2D eigenvalue weighted by molar-refractivity contribution is 7.89. The summed E-state index contributed by atoms with van der Waals surface area (Å²) in [6.45, 7) is 6.42. The molecule has 0 aromatic heterocycles. The van der Waals surface area contributed by atoms with Crippen LogP contribution in [0.2, 0.25) is 0 Å². The molecule has 0 atom stereocenters. The molecule has 1 amide bonds. The van der Waals surface area contributed by atoms with Gasteiger partial charge in [-0.2, -0.15) is 4.31 Å². The zero-order chi connectivity index (χ0) is 20.9. The summed E-state index contributed by atoms with van der Waals surface area (Å²) in [5.41, 5.74) is 2.23. The zero-order valence-corrected chi connectivity index (χ0v) is 17.9. The fourth-order valence-corrected chi connectivity index (χ4v) is 5.13. The molecule has 0 saturated carbocycles. The molecule has 7 heteroatoms. The van der Waals surface area contributed by atoms with E-state index in [2.05, 4.69) is 10.2 Å². The van der Waals surface area contributed by atoms with E-state index in [0.29, 0.717) is 18.7 Å². The highest BCUT2D eigenvalue weighted by Gasteiger charge is 2.22. The first-order valence-corrected chi connectivity index (χ1v) is 11.7. The van der Waals surface area contributed by atoms with Crippen molar-refractivity contribution in [2.24, 2.45) is 0 Å². The van der Waals surface area contributed by atoms with E-state index >= 15 is 0 Å². The van der Waals surface area contributed by atoms with Gasteiger partial charge in [0, 0.05) is 31.7 Å². The van der Waals surface area contributed by atoms with Gasteiger partial charge in [0.2, 0.25) is 10.0 Å². The summed E-state index contributed by atoms with van der Waals surface area (Å²) in [7, 11) is -3.53. The maximum absolute atomic E-state index is 12.8. The van der Waals surface area contributed by atoms with Crippen LogP contribution < -0.4 is 10.2 Å². The van der Waals surface area contributed by atoms with Crippen molar-refractivity contribution in [1.29, 1.82) is 0 Å². The van der Waals surface area contributed by atoms with Crippen LogP contribution in [0.5, 0.6) is 0 Å². The molecule has 0 bridgehead atoms. The van der Waals surface area contributed by atoms with Gasteiger partial charge in [-0.15, -0.1) is 0 Å². The number of nitrogens with one attached hydrogen (secondary N) is 1. The predicted molar refractivity (Wildman–Crippen MR) is 117 cm³/mol. The van der Waals surface area contributed by atoms with Gasteiger partial charge in [0.25, 0.3) is 5.91 Å². The van der Waals surface area contributed by atoms with Crippen molar-refractivity contribution < 1.29 is 13.2 Å². The lowest BCUT2D eigenvalue weighted by atomic mass is 10.1. The van der Waals surface area contributed by atoms with Crippen LogP contribution in [0.4, 0.5) is 11.4 Å². The number of anilines is 2. The first-order chi connectivity index (χ1) is 14.0. The molecule has 6 nitrogen and oxygen atoms in total. The van der Waals surface area contributed by atoms with Gasteiger partial charge in [0.05, 0.1) is 16.3 Å². The van der Waals surface area contributed by atoms with Gasteiger partial charge in [-0.3, -0.25) is 4.79 Å². The third-order valence-electron chi connectivity index (χ3n) is 5.31. The minimum Gasteiger partial charge on any atom is -0.370 e. The average molecular weight is 416 g/mol. The molecular formula is C22H29N3O3S. The second-order valence-electron chi connectivity index (χ2n) is 7.13. The molecule has 1 saturated heterocycles. The van der Waals surface area contributed by atoms with Crippen molar-refractivity contribution in [2.75, 3.05) is 36.4 Å². The Hall–Kier alpha value is -2.38. The van der Waals surface area contributed by atoms with Crippen molar-refractivity contribution in [3.8, 4) is 0 Å². The zero-order valence-electron chi connectivity index (χ0n) is 17.1. The number of nitrogens with zero attached hydrogens (tertiary/aromatic N) is 2. The fourth-order valence-electron chi connectivity index (χ4n) is 3.68. The van der Waals surface area contributed by atoms with E-state index in [4.69, 9.17) is 0 Å². The normalized spacial score (nSPS) is 14.8. The van der Waals surface area contributed by atoms with Crippen molar-refractivity contribution in [3.05, 3.63) is 54.1 Å². The maximum Gasteiger partial charge on any atom is 0.255 e. The first-order valence-electron chi connectivity index (χ1n) is 10.2. The largest absolute Gasteiger partial charge is 0.370 e. The molecule has 1 heterocycles. The Morgan fingerprint density at radius 2 is 1.59 bits per heavy atom. The van der Waals surface area contributed by atoms with Gasteiger partial charge >= 0.3 is 0 Å². The Morgan fingerprint density at radius 1 is 0.966 bits per heavy atom. The monoisotopic (exact) mass is 415 g/mol. The number of para-hydroxylation sites is 2.